The lowest BCUT2D eigenvalue weighted by Crippen LogP contribution is -2.28. The molecule has 3 aromatic rings. The topological polar surface area (TPSA) is 79.7 Å². The van der Waals surface area contributed by atoms with Gasteiger partial charge < -0.3 is 14.6 Å². The lowest BCUT2D eigenvalue weighted by molar-refractivity contribution is 0.0779. The third-order valence-corrected chi connectivity index (χ3v) is 5.91. The Balaban J connectivity index is 1.77. The summed E-state index contributed by atoms with van der Waals surface area (Å²) in [6.07, 6.45) is 8.27. The summed E-state index contributed by atoms with van der Waals surface area (Å²) in [4.78, 5) is 34.7. The molecule has 1 saturated carbocycles. The number of hydrogen-bond donors (Lipinski definition) is 1. The summed E-state index contributed by atoms with van der Waals surface area (Å²) in [6.45, 7) is 1.25. The first-order valence-electron chi connectivity index (χ1n) is 10.4. The van der Waals surface area contributed by atoms with Crippen molar-refractivity contribution in [3.63, 3.8) is 0 Å². The van der Waals surface area contributed by atoms with E-state index in [-0.39, 0.29) is 11.5 Å². The summed E-state index contributed by atoms with van der Waals surface area (Å²) < 4.78 is 7.04. The number of imidazole rings is 1. The average molecular weight is 396 g/mol. The molecular weight excluding hydrogens is 368 g/mol. The average Bonchev–Trinajstić information content (AvgIpc) is 3.20. The van der Waals surface area contributed by atoms with Gasteiger partial charge in [-0.25, -0.2) is 4.98 Å². The van der Waals surface area contributed by atoms with Gasteiger partial charge in [-0.05, 0) is 37.5 Å². The molecule has 0 atom stereocenters. The molecule has 1 fully saturated rings. The Morgan fingerprint density at radius 2 is 2.07 bits per heavy atom. The van der Waals surface area contributed by atoms with Gasteiger partial charge in [-0.15, -0.1) is 0 Å². The van der Waals surface area contributed by atoms with Gasteiger partial charge in [0.25, 0.3) is 11.5 Å². The number of nitrogens with one attached hydrogen (secondary N) is 1. The summed E-state index contributed by atoms with van der Waals surface area (Å²) in [7, 11) is 3.46. The molecule has 0 aliphatic heterocycles. The first kappa shape index (κ1) is 19.6. The number of hydrogen-bond acceptors (Lipinski definition) is 4. The summed E-state index contributed by atoms with van der Waals surface area (Å²) in [6, 6.07) is 5.47. The van der Waals surface area contributed by atoms with Crippen LogP contribution >= 0.6 is 0 Å². The Bertz CT molecular complexity index is 1080. The van der Waals surface area contributed by atoms with Crippen molar-refractivity contribution in [1.29, 1.82) is 0 Å². The van der Waals surface area contributed by atoms with Gasteiger partial charge in [0.15, 0.2) is 0 Å². The van der Waals surface area contributed by atoms with E-state index in [4.69, 9.17) is 4.74 Å². The Morgan fingerprint density at radius 1 is 1.28 bits per heavy atom. The number of carbonyl (C=O) groups excluding carboxylic acids is 1. The second-order valence-corrected chi connectivity index (χ2v) is 7.93. The minimum absolute atomic E-state index is 0.0401. The number of aromatic nitrogens is 3. The maximum absolute atomic E-state index is 12.9. The third-order valence-electron chi connectivity index (χ3n) is 5.91. The Morgan fingerprint density at radius 3 is 2.83 bits per heavy atom. The van der Waals surface area contributed by atoms with Gasteiger partial charge in [0.1, 0.15) is 11.3 Å². The highest BCUT2D eigenvalue weighted by atomic mass is 16.5. The molecule has 1 amide bonds. The van der Waals surface area contributed by atoms with Crippen molar-refractivity contribution in [2.75, 3.05) is 27.3 Å². The van der Waals surface area contributed by atoms with Gasteiger partial charge in [0, 0.05) is 38.8 Å². The predicted octanol–water partition coefficient (Wildman–Crippen LogP) is 3.33. The van der Waals surface area contributed by atoms with Crippen LogP contribution in [0.1, 0.15) is 60.6 Å². The maximum atomic E-state index is 12.9. The van der Waals surface area contributed by atoms with Crippen LogP contribution in [0, 0.1) is 0 Å². The van der Waals surface area contributed by atoms with Crippen LogP contribution in [0.25, 0.3) is 16.6 Å². The molecule has 1 aliphatic carbocycles. The lowest BCUT2D eigenvalue weighted by atomic mass is 9.88. The highest BCUT2D eigenvalue weighted by Gasteiger charge is 2.22. The number of amides is 1. The molecule has 4 rings (SSSR count). The standard InChI is InChI=1S/C22H28N4O3/c1-25(11-6-12-29-2)22(28)16-9-10-17-18(13-16)26-19(21(27)24-17)14-23-20(26)15-7-4-3-5-8-15/h9-10,13-15H,3-8,11-12H2,1-2H3,(H,24,27). The van der Waals surface area contributed by atoms with Gasteiger partial charge in [0.05, 0.1) is 17.2 Å². The quantitative estimate of drug-likeness (QED) is 0.648. The van der Waals surface area contributed by atoms with Crippen LogP contribution in [-0.4, -0.2) is 52.5 Å². The monoisotopic (exact) mass is 396 g/mol. The smallest absolute Gasteiger partial charge is 0.274 e. The predicted molar refractivity (Wildman–Crippen MR) is 113 cm³/mol. The van der Waals surface area contributed by atoms with Gasteiger partial charge in [-0.2, -0.15) is 0 Å². The molecule has 29 heavy (non-hydrogen) atoms. The highest BCUT2D eigenvalue weighted by Crippen LogP contribution is 2.33. The molecule has 1 aromatic carbocycles. The molecule has 1 N–H and O–H groups in total. The molecule has 0 saturated heterocycles. The molecule has 2 heterocycles. The second kappa shape index (κ2) is 8.37. The zero-order chi connectivity index (χ0) is 20.4. The van der Waals surface area contributed by atoms with Crippen LogP contribution in [0.15, 0.2) is 29.2 Å². The summed E-state index contributed by atoms with van der Waals surface area (Å²) >= 11 is 0. The Kier molecular flexibility index (Phi) is 5.67. The van der Waals surface area contributed by atoms with Crippen molar-refractivity contribution >= 4 is 22.5 Å². The minimum atomic E-state index is -0.150. The van der Waals surface area contributed by atoms with Crippen molar-refractivity contribution in [3.05, 3.63) is 46.1 Å². The molecular formula is C22H28N4O3. The largest absolute Gasteiger partial charge is 0.385 e. The Labute approximate surface area is 169 Å². The maximum Gasteiger partial charge on any atom is 0.274 e. The number of methoxy groups -OCH3 is 1. The van der Waals surface area contributed by atoms with Crippen molar-refractivity contribution in [2.24, 2.45) is 0 Å². The van der Waals surface area contributed by atoms with Crippen LogP contribution in [-0.2, 0) is 4.74 Å². The van der Waals surface area contributed by atoms with E-state index in [2.05, 4.69) is 9.97 Å². The Hall–Kier alpha value is -2.67. The summed E-state index contributed by atoms with van der Waals surface area (Å²) in [5, 5.41) is 0. The SMILES string of the molecule is COCCCN(C)C(=O)c1ccc2[nH]c(=O)c3cnc(C4CCCCC4)n3c2c1. The molecule has 0 spiro atoms. The van der Waals surface area contributed by atoms with E-state index in [0.29, 0.717) is 30.1 Å². The number of rotatable bonds is 6. The summed E-state index contributed by atoms with van der Waals surface area (Å²) in [5.41, 5.74) is 2.54. The number of nitrogens with zero attached hydrogens (tertiary/aromatic N) is 3. The van der Waals surface area contributed by atoms with E-state index in [1.807, 2.05) is 16.5 Å². The molecule has 7 heteroatoms. The van der Waals surface area contributed by atoms with Gasteiger partial charge in [-0.3, -0.25) is 14.0 Å². The van der Waals surface area contributed by atoms with E-state index in [1.165, 1.54) is 19.3 Å². The van der Waals surface area contributed by atoms with Gasteiger partial charge in [0.2, 0.25) is 0 Å². The van der Waals surface area contributed by atoms with Crippen LogP contribution in [0.2, 0.25) is 0 Å². The van der Waals surface area contributed by atoms with E-state index in [0.717, 1.165) is 36.1 Å². The molecule has 0 radical (unpaired) electrons. The molecule has 7 nitrogen and oxygen atoms in total. The van der Waals surface area contributed by atoms with Crippen LogP contribution in [0.4, 0.5) is 0 Å². The van der Waals surface area contributed by atoms with Gasteiger partial charge >= 0.3 is 0 Å². The van der Waals surface area contributed by atoms with Crippen molar-refractivity contribution < 1.29 is 9.53 Å². The van der Waals surface area contributed by atoms with Crippen molar-refractivity contribution in [2.45, 2.75) is 44.4 Å². The van der Waals surface area contributed by atoms with E-state index in [1.54, 1.807) is 31.3 Å². The summed E-state index contributed by atoms with van der Waals surface area (Å²) in [5.74, 6) is 1.25. The first-order valence-corrected chi connectivity index (χ1v) is 10.4. The number of H-pyrrole nitrogens is 1. The number of ether oxygens (including phenoxy) is 1. The van der Waals surface area contributed by atoms with Gasteiger partial charge in [-0.1, -0.05) is 19.3 Å². The number of aromatic amines is 1. The number of carbonyl (C=O) groups is 1. The zero-order valence-corrected chi connectivity index (χ0v) is 17.1. The third kappa shape index (κ3) is 3.79. The fourth-order valence-corrected chi connectivity index (χ4v) is 4.34. The van der Waals surface area contributed by atoms with Crippen molar-refractivity contribution in [3.8, 4) is 0 Å². The zero-order valence-electron chi connectivity index (χ0n) is 17.1. The van der Waals surface area contributed by atoms with Crippen LogP contribution < -0.4 is 5.56 Å². The lowest BCUT2D eigenvalue weighted by Gasteiger charge is -2.21. The van der Waals surface area contributed by atoms with E-state index < -0.39 is 0 Å². The van der Waals surface area contributed by atoms with Crippen LogP contribution in [0.3, 0.4) is 0 Å². The fraction of sp³-hybridized carbons (Fsp3) is 0.500. The fourth-order valence-electron chi connectivity index (χ4n) is 4.34. The molecule has 2 aromatic heterocycles. The normalized spacial score (nSPS) is 15.2. The highest BCUT2D eigenvalue weighted by molar-refractivity contribution is 5.97. The van der Waals surface area contributed by atoms with Crippen LogP contribution in [0.5, 0.6) is 0 Å². The molecule has 154 valence electrons. The van der Waals surface area contributed by atoms with Crippen molar-refractivity contribution in [1.82, 2.24) is 19.3 Å². The van der Waals surface area contributed by atoms with E-state index >= 15 is 0 Å². The van der Waals surface area contributed by atoms with E-state index in [9.17, 15) is 9.59 Å². The first-order chi connectivity index (χ1) is 14.1. The minimum Gasteiger partial charge on any atom is -0.385 e. The number of fused-ring (bicyclic) bond motifs is 3. The number of benzene rings is 1. The second-order valence-electron chi connectivity index (χ2n) is 7.93. The molecule has 0 unspecified atom stereocenters. The molecule has 0 bridgehead atoms. The molecule has 1 aliphatic rings.